The highest BCUT2D eigenvalue weighted by atomic mass is 16.7. The molecule has 3 heteroatoms. The van der Waals surface area contributed by atoms with E-state index in [0.717, 1.165) is 12.8 Å². The van der Waals surface area contributed by atoms with E-state index in [1.165, 1.54) is 12.0 Å². The molecule has 24 heavy (non-hydrogen) atoms. The van der Waals surface area contributed by atoms with E-state index in [-0.39, 0.29) is 22.8 Å². The SMILES string of the molecule is CC(C)(C)OC[C@@H](ON1C(C)(C)CCCC1(C)C)c1ccccc1. The molecule has 0 N–H and O–H groups in total. The third-order valence-electron chi connectivity index (χ3n) is 4.75. The van der Waals surface area contributed by atoms with Gasteiger partial charge in [-0.15, -0.1) is 0 Å². The molecule has 0 spiro atoms. The van der Waals surface area contributed by atoms with Crippen molar-refractivity contribution in [3.05, 3.63) is 35.9 Å². The molecule has 0 aliphatic carbocycles. The van der Waals surface area contributed by atoms with Crippen LogP contribution < -0.4 is 0 Å². The van der Waals surface area contributed by atoms with Gasteiger partial charge in [-0.1, -0.05) is 30.3 Å². The van der Waals surface area contributed by atoms with Crippen LogP contribution in [-0.2, 0) is 9.57 Å². The summed E-state index contributed by atoms with van der Waals surface area (Å²) in [5.41, 5.74) is 1.04. The van der Waals surface area contributed by atoms with Crippen LogP contribution in [0.3, 0.4) is 0 Å². The summed E-state index contributed by atoms with van der Waals surface area (Å²) in [6.45, 7) is 15.9. The molecule has 1 saturated heterocycles. The maximum atomic E-state index is 6.61. The van der Waals surface area contributed by atoms with Crippen molar-refractivity contribution >= 4 is 0 Å². The minimum atomic E-state index is -0.177. The van der Waals surface area contributed by atoms with Crippen molar-refractivity contribution in [2.45, 2.75) is 90.5 Å². The van der Waals surface area contributed by atoms with Crippen LogP contribution in [0.25, 0.3) is 0 Å². The first-order valence-electron chi connectivity index (χ1n) is 9.17. The molecular formula is C21H35NO2. The zero-order chi connectivity index (χ0) is 18.0. The molecule has 0 unspecified atom stereocenters. The first-order chi connectivity index (χ1) is 11.0. The van der Waals surface area contributed by atoms with Gasteiger partial charge in [0, 0.05) is 11.1 Å². The predicted octanol–water partition coefficient (Wildman–Crippen LogP) is 5.52. The Labute approximate surface area is 148 Å². The molecule has 0 bridgehead atoms. The fourth-order valence-electron chi connectivity index (χ4n) is 3.57. The first kappa shape index (κ1) is 19.4. The number of benzene rings is 1. The lowest BCUT2D eigenvalue weighted by atomic mass is 9.82. The minimum Gasteiger partial charge on any atom is -0.373 e. The van der Waals surface area contributed by atoms with E-state index in [2.05, 4.69) is 77.8 Å². The zero-order valence-corrected chi connectivity index (χ0v) is 16.6. The highest BCUT2D eigenvalue weighted by Crippen LogP contribution is 2.40. The van der Waals surface area contributed by atoms with Gasteiger partial charge in [0.15, 0.2) is 0 Å². The van der Waals surface area contributed by atoms with E-state index >= 15 is 0 Å². The van der Waals surface area contributed by atoms with E-state index in [1.807, 2.05) is 6.07 Å². The highest BCUT2D eigenvalue weighted by Gasteiger charge is 2.43. The molecule has 1 aliphatic heterocycles. The summed E-state index contributed by atoms with van der Waals surface area (Å²) < 4.78 is 6.07. The van der Waals surface area contributed by atoms with Crippen molar-refractivity contribution < 1.29 is 9.57 Å². The molecule has 1 aromatic carbocycles. The average Bonchev–Trinajstić information content (AvgIpc) is 2.45. The van der Waals surface area contributed by atoms with Crippen LogP contribution in [0.15, 0.2) is 30.3 Å². The van der Waals surface area contributed by atoms with Gasteiger partial charge < -0.3 is 4.74 Å². The smallest absolute Gasteiger partial charge is 0.128 e. The van der Waals surface area contributed by atoms with E-state index in [1.54, 1.807) is 0 Å². The molecule has 3 nitrogen and oxygen atoms in total. The van der Waals surface area contributed by atoms with Gasteiger partial charge in [-0.3, -0.25) is 4.84 Å². The van der Waals surface area contributed by atoms with Gasteiger partial charge >= 0.3 is 0 Å². The van der Waals surface area contributed by atoms with Gasteiger partial charge in [0.2, 0.25) is 0 Å². The standard InChI is InChI=1S/C21H35NO2/c1-19(2,3)23-16-18(17-12-9-8-10-13-17)24-22-20(4,5)14-11-15-21(22,6)7/h8-10,12-13,18H,11,14-16H2,1-7H3/t18-/m1/s1. The Hall–Kier alpha value is -0.900. The Bertz CT molecular complexity index is 500. The van der Waals surface area contributed by atoms with Crippen molar-refractivity contribution in [1.29, 1.82) is 0 Å². The second kappa shape index (κ2) is 7.15. The van der Waals surface area contributed by atoms with Crippen LogP contribution in [0.2, 0.25) is 0 Å². The lowest BCUT2D eigenvalue weighted by Gasteiger charge is -2.52. The second-order valence-corrected chi connectivity index (χ2v) is 9.20. The van der Waals surface area contributed by atoms with Gasteiger partial charge in [0.1, 0.15) is 6.10 Å². The van der Waals surface area contributed by atoms with Crippen molar-refractivity contribution in [2.24, 2.45) is 0 Å². The summed E-state index contributed by atoms with van der Waals surface area (Å²) >= 11 is 0. The molecule has 136 valence electrons. The van der Waals surface area contributed by atoms with Crippen LogP contribution in [0.1, 0.15) is 79.4 Å². The second-order valence-electron chi connectivity index (χ2n) is 9.20. The third-order valence-corrected chi connectivity index (χ3v) is 4.75. The molecule has 1 aromatic rings. The Balaban J connectivity index is 2.23. The molecule has 1 heterocycles. The third kappa shape index (κ3) is 5.05. The number of ether oxygens (including phenoxy) is 1. The summed E-state index contributed by atoms with van der Waals surface area (Å²) in [5, 5.41) is 2.23. The van der Waals surface area contributed by atoms with Crippen LogP contribution in [0.4, 0.5) is 0 Å². The zero-order valence-electron chi connectivity index (χ0n) is 16.6. The van der Waals surface area contributed by atoms with E-state index in [9.17, 15) is 0 Å². The van der Waals surface area contributed by atoms with Crippen LogP contribution >= 0.6 is 0 Å². The Morgan fingerprint density at radius 2 is 1.54 bits per heavy atom. The van der Waals surface area contributed by atoms with Crippen molar-refractivity contribution in [3.8, 4) is 0 Å². The van der Waals surface area contributed by atoms with Gasteiger partial charge in [0.05, 0.1) is 12.2 Å². The van der Waals surface area contributed by atoms with Gasteiger partial charge in [-0.25, -0.2) is 0 Å². The fraction of sp³-hybridized carbons (Fsp3) is 0.714. The average molecular weight is 334 g/mol. The molecule has 1 aliphatic rings. The Morgan fingerprint density at radius 3 is 2.04 bits per heavy atom. The summed E-state index contributed by atoms with van der Waals surface area (Å²) in [5.74, 6) is 0. The van der Waals surface area contributed by atoms with E-state index < -0.39 is 0 Å². The van der Waals surface area contributed by atoms with Crippen LogP contribution in [0, 0.1) is 0 Å². The van der Waals surface area contributed by atoms with Crippen molar-refractivity contribution in [3.63, 3.8) is 0 Å². The molecule has 0 saturated carbocycles. The summed E-state index contributed by atoms with van der Waals surface area (Å²) in [7, 11) is 0. The number of piperidine rings is 1. The topological polar surface area (TPSA) is 21.7 Å². The normalized spacial score (nSPS) is 22.3. The number of rotatable bonds is 5. The molecule has 1 fully saturated rings. The maximum Gasteiger partial charge on any atom is 0.128 e. The molecule has 0 radical (unpaired) electrons. The van der Waals surface area contributed by atoms with Crippen LogP contribution in [0.5, 0.6) is 0 Å². The monoisotopic (exact) mass is 333 g/mol. The lowest BCUT2D eigenvalue weighted by Crippen LogP contribution is -2.58. The first-order valence-corrected chi connectivity index (χ1v) is 9.17. The van der Waals surface area contributed by atoms with E-state index in [4.69, 9.17) is 9.57 Å². The van der Waals surface area contributed by atoms with Gasteiger partial charge in [-0.05, 0) is 73.3 Å². The molecule has 0 amide bonds. The number of nitrogens with zero attached hydrogens (tertiary/aromatic N) is 1. The van der Waals surface area contributed by atoms with E-state index in [0.29, 0.717) is 6.61 Å². The molecular weight excluding hydrogens is 298 g/mol. The Morgan fingerprint density at radius 1 is 1.00 bits per heavy atom. The summed E-state index contributed by atoms with van der Waals surface area (Å²) in [4.78, 5) is 6.61. The molecule has 0 aromatic heterocycles. The Kier molecular flexibility index (Phi) is 5.79. The molecule has 1 atom stereocenters. The minimum absolute atomic E-state index is 0.0243. The quantitative estimate of drug-likeness (QED) is 0.708. The van der Waals surface area contributed by atoms with Gasteiger partial charge in [-0.2, -0.15) is 5.06 Å². The van der Waals surface area contributed by atoms with Crippen molar-refractivity contribution in [1.82, 2.24) is 5.06 Å². The largest absolute Gasteiger partial charge is 0.373 e. The number of hydroxylamine groups is 2. The molecule has 2 rings (SSSR count). The number of hydrogen-bond donors (Lipinski definition) is 0. The number of hydrogen-bond acceptors (Lipinski definition) is 3. The van der Waals surface area contributed by atoms with Gasteiger partial charge in [0.25, 0.3) is 0 Å². The lowest BCUT2D eigenvalue weighted by molar-refractivity contribution is -0.315. The van der Waals surface area contributed by atoms with Crippen LogP contribution in [-0.4, -0.2) is 28.3 Å². The fourth-order valence-corrected chi connectivity index (χ4v) is 3.57. The maximum absolute atomic E-state index is 6.61. The summed E-state index contributed by atoms with van der Waals surface area (Å²) in [6.07, 6.45) is 3.45. The predicted molar refractivity (Wildman–Crippen MR) is 99.8 cm³/mol. The summed E-state index contributed by atoms with van der Waals surface area (Å²) in [6, 6.07) is 10.4. The van der Waals surface area contributed by atoms with Crippen molar-refractivity contribution in [2.75, 3.05) is 6.61 Å². The highest BCUT2D eigenvalue weighted by molar-refractivity contribution is 5.17.